The zero-order valence-electron chi connectivity index (χ0n) is 16.4. The molecule has 0 atom stereocenters. The van der Waals surface area contributed by atoms with Gasteiger partial charge in [0.2, 0.25) is 15.9 Å². The molecule has 0 bridgehead atoms. The number of anilines is 2. The number of likely N-dealkylation sites (tertiary alicyclic amines) is 1. The third-order valence-corrected chi connectivity index (χ3v) is 6.15. The Morgan fingerprint density at radius 2 is 1.77 bits per heavy atom. The number of amides is 1. The van der Waals surface area contributed by atoms with Crippen LogP contribution < -0.4 is 9.21 Å². The molecule has 0 unspecified atom stereocenters. The first-order valence-corrected chi connectivity index (χ1v) is 11.2. The van der Waals surface area contributed by atoms with Crippen molar-refractivity contribution in [3.63, 3.8) is 0 Å². The number of carbonyl (C=O) groups excluding carboxylic acids is 1. The number of nitrogens with zero attached hydrogens (tertiary/aromatic N) is 3. The van der Waals surface area contributed by atoms with E-state index >= 15 is 0 Å². The minimum atomic E-state index is -3.45. The van der Waals surface area contributed by atoms with Gasteiger partial charge in [-0.25, -0.2) is 8.42 Å². The molecule has 0 aromatic heterocycles. The molecule has 26 heavy (non-hydrogen) atoms. The maximum atomic E-state index is 12.3. The zero-order chi connectivity index (χ0) is 19.3. The summed E-state index contributed by atoms with van der Waals surface area (Å²) in [5, 5.41) is 0. The van der Waals surface area contributed by atoms with Gasteiger partial charge >= 0.3 is 0 Å². The molecule has 0 N–H and O–H groups in total. The topological polar surface area (TPSA) is 60.9 Å². The van der Waals surface area contributed by atoms with E-state index in [2.05, 4.69) is 18.7 Å². The van der Waals surface area contributed by atoms with Gasteiger partial charge in [0.15, 0.2) is 0 Å². The summed E-state index contributed by atoms with van der Waals surface area (Å²) in [7, 11) is -3.45. The Balaban J connectivity index is 2.20. The van der Waals surface area contributed by atoms with Crippen molar-refractivity contribution in [1.82, 2.24) is 4.90 Å². The van der Waals surface area contributed by atoms with Gasteiger partial charge in [0.1, 0.15) is 0 Å². The Kier molecular flexibility index (Phi) is 6.92. The van der Waals surface area contributed by atoms with Crippen LogP contribution in [0.4, 0.5) is 11.4 Å². The first-order valence-electron chi connectivity index (χ1n) is 9.39. The molecule has 0 saturated carbocycles. The SMILES string of the molecule is CCN(CC)c1ccc(N(CCC(=O)N2CCCC2)S(C)(=O)=O)c(C)c1. The number of sulfonamides is 1. The predicted octanol–water partition coefficient (Wildman–Crippen LogP) is 2.62. The van der Waals surface area contributed by atoms with Crippen LogP contribution in [0.5, 0.6) is 0 Å². The van der Waals surface area contributed by atoms with Crippen LogP contribution in [0.25, 0.3) is 0 Å². The smallest absolute Gasteiger partial charge is 0.232 e. The summed E-state index contributed by atoms with van der Waals surface area (Å²) in [5.74, 6) is 0.0357. The molecule has 1 aromatic carbocycles. The Hall–Kier alpha value is -1.76. The highest BCUT2D eigenvalue weighted by Crippen LogP contribution is 2.27. The van der Waals surface area contributed by atoms with E-state index in [-0.39, 0.29) is 18.9 Å². The summed E-state index contributed by atoms with van der Waals surface area (Å²) >= 11 is 0. The lowest BCUT2D eigenvalue weighted by Crippen LogP contribution is -2.36. The fraction of sp³-hybridized carbons (Fsp3) is 0.632. The Morgan fingerprint density at radius 3 is 2.27 bits per heavy atom. The lowest BCUT2D eigenvalue weighted by atomic mass is 10.1. The largest absolute Gasteiger partial charge is 0.372 e. The van der Waals surface area contributed by atoms with Crippen molar-refractivity contribution in [3.8, 4) is 0 Å². The molecule has 1 amide bonds. The predicted molar refractivity (Wildman–Crippen MR) is 107 cm³/mol. The molecule has 7 heteroatoms. The van der Waals surface area contributed by atoms with E-state index in [9.17, 15) is 13.2 Å². The molecule has 1 fully saturated rings. The molecule has 1 aliphatic heterocycles. The number of aryl methyl sites for hydroxylation is 1. The third-order valence-electron chi connectivity index (χ3n) is 4.97. The number of carbonyl (C=O) groups is 1. The van der Waals surface area contributed by atoms with Gasteiger partial charge < -0.3 is 9.80 Å². The van der Waals surface area contributed by atoms with Crippen molar-refractivity contribution >= 4 is 27.3 Å². The maximum absolute atomic E-state index is 12.3. The summed E-state index contributed by atoms with van der Waals surface area (Å²) in [6, 6.07) is 5.82. The molecule has 1 saturated heterocycles. The van der Waals surface area contributed by atoms with E-state index in [1.807, 2.05) is 30.0 Å². The summed E-state index contributed by atoms with van der Waals surface area (Å²) in [6.45, 7) is 9.66. The second kappa shape index (κ2) is 8.75. The van der Waals surface area contributed by atoms with Crippen molar-refractivity contribution in [2.45, 2.75) is 40.0 Å². The van der Waals surface area contributed by atoms with Crippen molar-refractivity contribution in [3.05, 3.63) is 23.8 Å². The summed E-state index contributed by atoms with van der Waals surface area (Å²) in [4.78, 5) is 16.4. The van der Waals surface area contributed by atoms with Crippen molar-refractivity contribution < 1.29 is 13.2 Å². The highest BCUT2D eigenvalue weighted by atomic mass is 32.2. The van der Waals surface area contributed by atoms with Crippen molar-refractivity contribution in [2.24, 2.45) is 0 Å². The Labute approximate surface area is 157 Å². The quantitative estimate of drug-likeness (QED) is 0.694. The number of rotatable bonds is 8. The first kappa shape index (κ1) is 20.6. The molecule has 1 aliphatic rings. The third kappa shape index (κ3) is 4.90. The first-order chi connectivity index (χ1) is 12.3. The second-order valence-electron chi connectivity index (χ2n) is 6.82. The monoisotopic (exact) mass is 381 g/mol. The average molecular weight is 382 g/mol. The molecular weight excluding hydrogens is 350 g/mol. The molecule has 0 spiro atoms. The minimum Gasteiger partial charge on any atom is -0.372 e. The minimum absolute atomic E-state index is 0.0357. The zero-order valence-corrected chi connectivity index (χ0v) is 17.2. The summed E-state index contributed by atoms with van der Waals surface area (Å²) in [6.07, 6.45) is 3.48. The Morgan fingerprint density at radius 1 is 1.15 bits per heavy atom. The van der Waals surface area contributed by atoms with Gasteiger partial charge in [0, 0.05) is 44.8 Å². The van der Waals surface area contributed by atoms with Crippen LogP contribution in [0.3, 0.4) is 0 Å². The highest BCUT2D eigenvalue weighted by molar-refractivity contribution is 7.92. The van der Waals surface area contributed by atoms with Crippen LogP contribution >= 0.6 is 0 Å². The van der Waals surface area contributed by atoms with Crippen LogP contribution in [-0.4, -0.2) is 58.2 Å². The Bertz CT molecular complexity index is 724. The van der Waals surface area contributed by atoms with Gasteiger partial charge in [0.05, 0.1) is 11.9 Å². The highest BCUT2D eigenvalue weighted by Gasteiger charge is 2.23. The van der Waals surface area contributed by atoms with Crippen LogP contribution in [0, 0.1) is 6.92 Å². The fourth-order valence-electron chi connectivity index (χ4n) is 3.49. The van der Waals surface area contributed by atoms with Crippen LogP contribution in [0.1, 0.15) is 38.7 Å². The molecule has 0 radical (unpaired) electrons. The van der Waals surface area contributed by atoms with E-state index < -0.39 is 10.0 Å². The number of benzene rings is 1. The van der Waals surface area contributed by atoms with Gasteiger partial charge in [-0.2, -0.15) is 0 Å². The molecule has 6 nitrogen and oxygen atoms in total. The normalized spacial score (nSPS) is 14.5. The molecular formula is C19H31N3O3S. The van der Waals surface area contributed by atoms with Crippen LogP contribution in [0.2, 0.25) is 0 Å². The van der Waals surface area contributed by atoms with Gasteiger partial charge in [-0.05, 0) is 57.4 Å². The van der Waals surface area contributed by atoms with Gasteiger partial charge in [-0.15, -0.1) is 0 Å². The van der Waals surface area contributed by atoms with E-state index in [4.69, 9.17) is 0 Å². The molecule has 1 heterocycles. The van der Waals surface area contributed by atoms with Crippen molar-refractivity contribution in [1.29, 1.82) is 0 Å². The van der Waals surface area contributed by atoms with E-state index in [1.54, 1.807) is 0 Å². The number of hydrogen-bond donors (Lipinski definition) is 0. The lowest BCUT2D eigenvalue weighted by Gasteiger charge is -2.27. The van der Waals surface area contributed by atoms with Crippen LogP contribution in [-0.2, 0) is 14.8 Å². The van der Waals surface area contributed by atoms with Gasteiger partial charge in [0.25, 0.3) is 0 Å². The van der Waals surface area contributed by atoms with E-state index in [0.717, 1.165) is 50.3 Å². The van der Waals surface area contributed by atoms with E-state index in [1.165, 1.54) is 10.6 Å². The number of hydrogen-bond acceptors (Lipinski definition) is 4. The molecule has 0 aliphatic carbocycles. The average Bonchev–Trinajstić information content (AvgIpc) is 3.11. The summed E-state index contributed by atoms with van der Waals surface area (Å²) < 4.78 is 26.0. The standard InChI is InChI=1S/C19H31N3O3S/c1-5-20(6-2)17-9-10-18(16(3)15-17)22(26(4,24)25)14-11-19(23)21-12-7-8-13-21/h9-10,15H,5-8,11-14H2,1-4H3. The van der Waals surface area contributed by atoms with Crippen LogP contribution in [0.15, 0.2) is 18.2 Å². The molecule has 146 valence electrons. The fourth-order valence-corrected chi connectivity index (χ4v) is 4.48. The molecule has 1 aromatic rings. The lowest BCUT2D eigenvalue weighted by molar-refractivity contribution is -0.129. The van der Waals surface area contributed by atoms with Crippen molar-refractivity contribution in [2.75, 3.05) is 48.2 Å². The molecule has 2 rings (SSSR count). The van der Waals surface area contributed by atoms with Gasteiger partial charge in [-0.1, -0.05) is 0 Å². The van der Waals surface area contributed by atoms with E-state index in [0.29, 0.717) is 5.69 Å². The second-order valence-corrected chi connectivity index (χ2v) is 8.72. The van der Waals surface area contributed by atoms with Gasteiger partial charge in [-0.3, -0.25) is 9.10 Å². The summed E-state index contributed by atoms with van der Waals surface area (Å²) in [5.41, 5.74) is 2.63. The maximum Gasteiger partial charge on any atom is 0.232 e.